The molecule has 1 aromatic carbocycles. The van der Waals surface area contributed by atoms with Crippen molar-refractivity contribution in [3.63, 3.8) is 0 Å². The zero-order valence-corrected chi connectivity index (χ0v) is 11.5. The van der Waals surface area contributed by atoms with Crippen LogP contribution < -0.4 is 5.32 Å². The van der Waals surface area contributed by atoms with Gasteiger partial charge in [-0.3, -0.25) is 4.79 Å². The van der Waals surface area contributed by atoms with E-state index in [1.165, 1.54) is 6.07 Å². The van der Waals surface area contributed by atoms with E-state index in [0.29, 0.717) is 31.4 Å². The first kappa shape index (κ1) is 14.8. The summed E-state index contributed by atoms with van der Waals surface area (Å²) in [4.78, 5) is 10.9. The largest absolute Gasteiger partial charge is 0.481 e. The minimum Gasteiger partial charge on any atom is -0.481 e. The summed E-state index contributed by atoms with van der Waals surface area (Å²) in [5.41, 5.74) is 0.231. The minimum atomic E-state index is -0.958. The fourth-order valence-corrected chi connectivity index (χ4v) is 2.69. The number of carbonyl (C=O) groups is 1. The Balaban J connectivity index is 1.96. The van der Waals surface area contributed by atoms with E-state index in [9.17, 15) is 14.3 Å². The molecule has 20 heavy (non-hydrogen) atoms. The number of carboxylic acid groups (broad SMARTS) is 1. The number of halogens is 1. The lowest BCUT2D eigenvalue weighted by Gasteiger charge is -2.35. The van der Waals surface area contributed by atoms with Gasteiger partial charge in [-0.2, -0.15) is 0 Å². The molecule has 2 rings (SSSR count). The van der Waals surface area contributed by atoms with Gasteiger partial charge in [-0.05, 0) is 44.2 Å². The van der Waals surface area contributed by atoms with E-state index in [1.54, 1.807) is 19.1 Å². The van der Waals surface area contributed by atoms with Crippen molar-refractivity contribution >= 4 is 11.7 Å². The van der Waals surface area contributed by atoms with E-state index in [2.05, 4.69) is 5.32 Å². The van der Waals surface area contributed by atoms with E-state index in [0.717, 1.165) is 5.56 Å². The van der Waals surface area contributed by atoms with Crippen LogP contribution in [0.15, 0.2) is 18.2 Å². The summed E-state index contributed by atoms with van der Waals surface area (Å²) >= 11 is 0. The molecule has 1 aromatic rings. The van der Waals surface area contributed by atoms with E-state index >= 15 is 0 Å². The van der Waals surface area contributed by atoms with Crippen molar-refractivity contribution in [2.45, 2.75) is 38.2 Å². The summed E-state index contributed by atoms with van der Waals surface area (Å²) in [6.07, 6.45) is 1.77. The Bertz CT molecular complexity index is 476. The van der Waals surface area contributed by atoms with Gasteiger partial charge in [0.25, 0.3) is 0 Å². The molecule has 0 heterocycles. The first-order valence-corrected chi connectivity index (χ1v) is 6.85. The second kappa shape index (κ2) is 5.79. The number of benzene rings is 1. The van der Waals surface area contributed by atoms with Crippen LogP contribution in [-0.4, -0.2) is 28.3 Å². The summed E-state index contributed by atoms with van der Waals surface area (Å²) in [5, 5.41) is 22.3. The van der Waals surface area contributed by atoms with Crippen LogP contribution in [0.4, 0.5) is 10.1 Å². The molecule has 5 heteroatoms. The third-order valence-electron chi connectivity index (χ3n) is 4.08. The Morgan fingerprint density at radius 3 is 2.65 bits per heavy atom. The van der Waals surface area contributed by atoms with Crippen molar-refractivity contribution in [2.75, 3.05) is 11.9 Å². The Labute approximate surface area is 117 Å². The average Bonchev–Trinajstić information content (AvgIpc) is 2.38. The monoisotopic (exact) mass is 281 g/mol. The van der Waals surface area contributed by atoms with Gasteiger partial charge in [0.15, 0.2) is 0 Å². The molecule has 1 fully saturated rings. The summed E-state index contributed by atoms with van der Waals surface area (Å²) < 4.78 is 13.7. The van der Waals surface area contributed by atoms with E-state index in [-0.39, 0.29) is 18.3 Å². The van der Waals surface area contributed by atoms with Crippen molar-refractivity contribution in [1.82, 2.24) is 0 Å². The minimum absolute atomic E-state index is 0.237. The average molecular weight is 281 g/mol. The Kier molecular flexibility index (Phi) is 4.28. The van der Waals surface area contributed by atoms with Gasteiger partial charge in [0.1, 0.15) is 5.82 Å². The maximum atomic E-state index is 13.7. The van der Waals surface area contributed by atoms with Gasteiger partial charge in [0.05, 0.1) is 17.2 Å². The third kappa shape index (κ3) is 3.28. The molecule has 0 amide bonds. The van der Waals surface area contributed by atoms with Crippen LogP contribution in [0.1, 0.15) is 31.2 Å². The summed E-state index contributed by atoms with van der Waals surface area (Å²) in [5.74, 6) is -1.51. The number of rotatable bonds is 4. The highest BCUT2D eigenvalue weighted by Gasteiger charge is 2.35. The zero-order chi connectivity index (χ0) is 14.8. The van der Waals surface area contributed by atoms with Crippen LogP contribution >= 0.6 is 0 Å². The molecule has 110 valence electrons. The highest BCUT2D eigenvalue weighted by atomic mass is 19.1. The first-order chi connectivity index (χ1) is 9.41. The summed E-state index contributed by atoms with van der Waals surface area (Å²) in [6.45, 7) is 2.04. The standard InChI is InChI=1S/C15H20FNO3/c1-10-3-2-4-12(16)13(10)17-9-15(20)7-5-11(6-8-15)14(18)19/h2-4,11,17,20H,5-9H2,1H3,(H,18,19). The highest BCUT2D eigenvalue weighted by molar-refractivity contribution is 5.70. The zero-order valence-electron chi connectivity index (χ0n) is 11.5. The number of aliphatic hydroxyl groups is 1. The number of hydrogen-bond donors (Lipinski definition) is 3. The Morgan fingerprint density at radius 1 is 1.45 bits per heavy atom. The van der Waals surface area contributed by atoms with Crippen molar-refractivity contribution in [1.29, 1.82) is 0 Å². The molecule has 0 saturated heterocycles. The van der Waals surface area contributed by atoms with Gasteiger partial charge in [0.2, 0.25) is 0 Å². The second-order valence-corrected chi connectivity index (χ2v) is 5.62. The lowest BCUT2D eigenvalue weighted by molar-refractivity contribution is -0.144. The lowest BCUT2D eigenvalue weighted by atomic mass is 9.79. The number of hydrogen-bond acceptors (Lipinski definition) is 3. The van der Waals surface area contributed by atoms with Crippen LogP contribution in [0.25, 0.3) is 0 Å². The fraction of sp³-hybridized carbons (Fsp3) is 0.533. The molecule has 0 atom stereocenters. The van der Waals surface area contributed by atoms with Gasteiger partial charge in [0, 0.05) is 6.54 Å². The molecule has 1 aliphatic rings. The number of aryl methyl sites for hydroxylation is 1. The molecule has 0 aromatic heterocycles. The van der Waals surface area contributed by atoms with Crippen molar-refractivity contribution in [2.24, 2.45) is 5.92 Å². The molecule has 0 spiro atoms. The first-order valence-electron chi connectivity index (χ1n) is 6.85. The highest BCUT2D eigenvalue weighted by Crippen LogP contribution is 2.33. The predicted molar refractivity (Wildman–Crippen MR) is 74.2 cm³/mol. The van der Waals surface area contributed by atoms with Crippen LogP contribution in [0.2, 0.25) is 0 Å². The van der Waals surface area contributed by atoms with E-state index < -0.39 is 11.6 Å². The molecule has 1 aliphatic carbocycles. The van der Waals surface area contributed by atoms with Crippen LogP contribution in [0.3, 0.4) is 0 Å². The van der Waals surface area contributed by atoms with Crippen molar-refractivity contribution in [3.05, 3.63) is 29.6 Å². The van der Waals surface area contributed by atoms with Crippen LogP contribution in [-0.2, 0) is 4.79 Å². The van der Waals surface area contributed by atoms with Crippen molar-refractivity contribution < 1.29 is 19.4 Å². The van der Waals surface area contributed by atoms with E-state index in [1.807, 2.05) is 0 Å². The fourth-order valence-electron chi connectivity index (χ4n) is 2.69. The maximum absolute atomic E-state index is 13.7. The number of aliphatic carboxylic acids is 1. The summed E-state index contributed by atoms with van der Waals surface area (Å²) in [7, 11) is 0. The molecule has 0 aliphatic heterocycles. The summed E-state index contributed by atoms with van der Waals surface area (Å²) in [6, 6.07) is 4.82. The maximum Gasteiger partial charge on any atom is 0.306 e. The number of nitrogens with one attached hydrogen (secondary N) is 1. The number of para-hydroxylation sites is 1. The third-order valence-corrected chi connectivity index (χ3v) is 4.08. The second-order valence-electron chi connectivity index (χ2n) is 5.62. The van der Waals surface area contributed by atoms with Gasteiger partial charge >= 0.3 is 5.97 Å². The molecular formula is C15H20FNO3. The molecule has 0 radical (unpaired) electrons. The smallest absolute Gasteiger partial charge is 0.306 e. The normalized spacial score (nSPS) is 26.2. The Hall–Kier alpha value is -1.62. The van der Waals surface area contributed by atoms with E-state index in [4.69, 9.17) is 5.11 Å². The molecule has 0 unspecified atom stereocenters. The molecule has 3 N–H and O–H groups in total. The lowest BCUT2D eigenvalue weighted by Crippen LogP contribution is -2.42. The van der Waals surface area contributed by atoms with Gasteiger partial charge in [-0.25, -0.2) is 4.39 Å². The topological polar surface area (TPSA) is 69.6 Å². The van der Waals surface area contributed by atoms with Gasteiger partial charge < -0.3 is 15.5 Å². The van der Waals surface area contributed by atoms with Crippen LogP contribution in [0.5, 0.6) is 0 Å². The van der Waals surface area contributed by atoms with Gasteiger partial charge in [-0.1, -0.05) is 12.1 Å². The molecular weight excluding hydrogens is 261 g/mol. The van der Waals surface area contributed by atoms with Gasteiger partial charge in [-0.15, -0.1) is 0 Å². The Morgan fingerprint density at radius 2 is 2.10 bits per heavy atom. The number of anilines is 1. The molecule has 0 bridgehead atoms. The SMILES string of the molecule is Cc1cccc(F)c1NCC1(O)CCC(C(=O)O)CC1. The molecule has 4 nitrogen and oxygen atoms in total. The van der Waals surface area contributed by atoms with Crippen molar-refractivity contribution in [3.8, 4) is 0 Å². The quantitative estimate of drug-likeness (QED) is 0.793. The molecule has 1 saturated carbocycles. The predicted octanol–water partition coefficient (Wildman–Crippen LogP) is 2.55. The number of carboxylic acids is 1. The van der Waals surface area contributed by atoms with Crippen LogP contribution in [0, 0.1) is 18.7 Å².